The zero-order valence-corrected chi connectivity index (χ0v) is 10.5. The van der Waals surface area contributed by atoms with Crippen LogP contribution in [0.25, 0.3) is 0 Å². The Labute approximate surface area is 102 Å². The molecule has 0 fully saturated rings. The molecule has 0 atom stereocenters. The van der Waals surface area contributed by atoms with E-state index >= 15 is 0 Å². The van der Waals surface area contributed by atoms with Crippen molar-refractivity contribution in [2.24, 2.45) is 0 Å². The van der Waals surface area contributed by atoms with Gasteiger partial charge in [-0.3, -0.25) is 14.3 Å². The third-order valence-electron chi connectivity index (χ3n) is 1.82. The summed E-state index contributed by atoms with van der Waals surface area (Å²) in [4.78, 5) is 22.3. The van der Waals surface area contributed by atoms with E-state index in [-0.39, 0.29) is 18.4 Å². The average molecular weight is 289 g/mol. The SMILES string of the molecule is CNC(=O)Cn1cc(NC(=O)CCBr)cn1. The van der Waals surface area contributed by atoms with Crippen LogP contribution in [0.3, 0.4) is 0 Å². The number of nitrogens with zero attached hydrogens (tertiary/aromatic N) is 2. The molecule has 1 aromatic heterocycles. The van der Waals surface area contributed by atoms with Crippen LogP contribution in [0, 0.1) is 0 Å². The molecule has 1 aromatic rings. The maximum absolute atomic E-state index is 11.2. The van der Waals surface area contributed by atoms with Gasteiger partial charge in [-0.05, 0) is 0 Å². The van der Waals surface area contributed by atoms with Gasteiger partial charge in [0.2, 0.25) is 11.8 Å². The second kappa shape index (κ2) is 6.26. The Bertz CT molecular complexity index is 377. The Morgan fingerprint density at radius 3 is 2.88 bits per heavy atom. The number of hydrogen-bond donors (Lipinski definition) is 2. The van der Waals surface area contributed by atoms with Crippen LogP contribution in [-0.4, -0.2) is 34.0 Å². The van der Waals surface area contributed by atoms with Crippen LogP contribution in [-0.2, 0) is 16.1 Å². The predicted octanol–water partition coefficient (Wildman–Crippen LogP) is 0.353. The number of amides is 2. The number of likely N-dealkylation sites (N-methyl/N-ethyl adjacent to an activating group) is 1. The summed E-state index contributed by atoms with van der Waals surface area (Å²) in [5.41, 5.74) is 0.592. The fourth-order valence-electron chi connectivity index (χ4n) is 1.05. The first-order chi connectivity index (χ1) is 7.65. The minimum absolute atomic E-state index is 0.0867. The number of aromatic nitrogens is 2. The van der Waals surface area contributed by atoms with Crippen LogP contribution in [0.4, 0.5) is 5.69 Å². The molecular weight excluding hydrogens is 276 g/mol. The standard InChI is InChI=1S/C9H13BrN4O2/c1-11-9(16)6-14-5-7(4-12-14)13-8(15)2-3-10/h4-5H,2-3,6H2,1H3,(H,11,16)(H,13,15). The highest BCUT2D eigenvalue weighted by Crippen LogP contribution is 2.05. The molecule has 7 heteroatoms. The molecule has 0 aliphatic carbocycles. The lowest BCUT2D eigenvalue weighted by molar-refractivity contribution is -0.121. The average Bonchev–Trinajstić information content (AvgIpc) is 2.65. The molecule has 1 heterocycles. The van der Waals surface area contributed by atoms with Crippen molar-refractivity contribution in [3.8, 4) is 0 Å². The van der Waals surface area contributed by atoms with Crippen molar-refractivity contribution >= 4 is 33.4 Å². The molecule has 2 N–H and O–H groups in total. The van der Waals surface area contributed by atoms with E-state index in [4.69, 9.17) is 0 Å². The van der Waals surface area contributed by atoms with Crippen LogP contribution in [0.2, 0.25) is 0 Å². The molecule has 0 spiro atoms. The fraction of sp³-hybridized carbons (Fsp3) is 0.444. The summed E-state index contributed by atoms with van der Waals surface area (Å²) in [6, 6.07) is 0. The molecule has 0 aliphatic heterocycles. The van der Waals surface area contributed by atoms with E-state index in [2.05, 4.69) is 31.7 Å². The molecule has 0 saturated heterocycles. The molecule has 0 aliphatic rings. The van der Waals surface area contributed by atoms with E-state index in [0.29, 0.717) is 17.4 Å². The van der Waals surface area contributed by atoms with Crippen molar-refractivity contribution < 1.29 is 9.59 Å². The summed E-state index contributed by atoms with van der Waals surface area (Å²) in [5, 5.41) is 9.72. The summed E-state index contributed by atoms with van der Waals surface area (Å²) in [5.74, 6) is -0.224. The summed E-state index contributed by atoms with van der Waals surface area (Å²) < 4.78 is 1.46. The van der Waals surface area contributed by atoms with Gasteiger partial charge >= 0.3 is 0 Å². The zero-order valence-electron chi connectivity index (χ0n) is 8.86. The van der Waals surface area contributed by atoms with Crippen LogP contribution in [0.15, 0.2) is 12.4 Å². The van der Waals surface area contributed by atoms with Gasteiger partial charge in [0.25, 0.3) is 0 Å². The maximum atomic E-state index is 11.2. The number of carbonyl (C=O) groups is 2. The minimum atomic E-state index is -0.138. The van der Waals surface area contributed by atoms with Gasteiger partial charge in [-0.1, -0.05) is 15.9 Å². The van der Waals surface area contributed by atoms with E-state index < -0.39 is 0 Å². The van der Waals surface area contributed by atoms with E-state index in [9.17, 15) is 9.59 Å². The maximum Gasteiger partial charge on any atom is 0.241 e. The molecule has 0 bridgehead atoms. The van der Waals surface area contributed by atoms with Crippen molar-refractivity contribution in [3.63, 3.8) is 0 Å². The molecule has 0 saturated carbocycles. The first kappa shape index (κ1) is 12.7. The first-order valence-corrected chi connectivity index (χ1v) is 5.86. The van der Waals surface area contributed by atoms with E-state index in [0.717, 1.165) is 0 Å². The monoisotopic (exact) mass is 288 g/mol. The molecular formula is C9H13BrN4O2. The normalized spacial score (nSPS) is 9.88. The Kier molecular flexibility index (Phi) is 4.97. The number of anilines is 1. The molecule has 0 unspecified atom stereocenters. The molecule has 0 radical (unpaired) electrons. The molecule has 16 heavy (non-hydrogen) atoms. The first-order valence-electron chi connectivity index (χ1n) is 4.74. The van der Waals surface area contributed by atoms with Crippen molar-refractivity contribution in [1.29, 1.82) is 0 Å². The Hall–Kier alpha value is -1.37. The van der Waals surface area contributed by atoms with Crippen LogP contribution < -0.4 is 10.6 Å². The summed E-state index contributed by atoms with van der Waals surface area (Å²) in [6.45, 7) is 0.144. The van der Waals surface area contributed by atoms with Gasteiger partial charge in [0.1, 0.15) is 6.54 Å². The lowest BCUT2D eigenvalue weighted by Crippen LogP contribution is -2.23. The van der Waals surface area contributed by atoms with Gasteiger partial charge in [0.15, 0.2) is 0 Å². The Morgan fingerprint density at radius 1 is 1.50 bits per heavy atom. The highest BCUT2D eigenvalue weighted by molar-refractivity contribution is 9.09. The third kappa shape index (κ3) is 4.01. The second-order valence-corrected chi connectivity index (χ2v) is 3.88. The largest absolute Gasteiger partial charge is 0.358 e. The summed E-state index contributed by atoms with van der Waals surface area (Å²) >= 11 is 3.18. The van der Waals surface area contributed by atoms with E-state index in [1.54, 1.807) is 13.2 Å². The molecule has 2 amide bonds. The predicted molar refractivity (Wildman–Crippen MR) is 63.3 cm³/mol. The number of hydrogen-bond acceptors (Lipinski definition) is 3. The summed E-state index contributed by atoms with van der Waals surface area (Å²) in [6.07, 6.45) is 3.52. The highest BCUT2D eigenvalue weighted by Gasteiger charge is 2.05. The van der Waals surface area contributed by atoms with Crippen molar-refractivity contribution in [2.45, 2.75) is 13.0 Å². The van der Waals surface area contributed by atoms with Gasteiger partial charge in [-0.15, -0.1) is 0 Å². The lowest BCUT2D eigenvalue weighted by atomic mass is 10.4. The number of rotatable bonds is 5. The second-order valence-electron chi connectivity index (χ2n) is 3.09. The van der Waals surface area contributed by atoms with Gasteiger partial charge in [0.05, 0.1) is 11.9 Å². The van der Waals surface area contributed by atoms with Crippen molar-refractivity contribution in [3.05, 3.63) is 12.4 Å². The van der Waals surface area contributed by atoms with E-state index in [1.165, 1.54) is 10.9 Å². The molecule has 88 valence electrons. The van der Waals surface area contributed by atoms with Gasteiger partial charge in [0, 0.05) is 25.0 Å². The zero-order chi connectivity index (χ0) is 12.0. The molecule has 1 rings (SSSR count). The smallest absolute Gasteiger partial charge is 0.241 e. The molecule has 0 aromatic carbocycles. The Morgan fingerprint density at radius 2 is 2.25 bits per heavy atom. The number of halogens is 1. The van der Waals surface area contributed by atoms with Crippen LogP contribution in [0.1, 0.15) is 6.42 Å². The summed E-state index contributed by atoms with van der Waals surface area (Å²) in [7, 11) is 1.56. The quantitative estimate of drug-likeness (QED) is 0.768. The molecule has 6 nitrogen and oxygen atoms in total. The van der Waals surface area contributed by atoms with E-state index in [1.807, 2.05) is 0 Å². The van der Waals surface area contributed by atoms with Crippen LogP contribution in [0.5, 0.6) is 0 Å². The van der Waals surface area contributed by atoms with Gasteiger partial charge < -0.3 is 10.6 Å². The van der Waals surface area contributed by atoms with Gasteiger partial charge in [-0.25, -0.2) is 0 Å². The topological polar surface area (TPSA) is 76.0 Å². The van der Waals surface area contributed by atoms with Crippen molar-refractivity contribution in [1.82, 2.24) is 15.1 Å². The number of alkyl halides is 1. The Balaban J connectivity index is 2.51. The third-order valence-corrected chi connectivity index (χ3v) is 2.22. The number of carbonyl (C=O) groups excluding carboxylic acids is 2. The van der Waals surface area contributed by atoms with Gasteiger partial charge in [-0.2, -0.15) is 5.10 Å². The lowest BCUT2D eigenvalue weighted by Gasteiger charge is -2.00. The van der Waals surface area contributed by atoms with Crippen LogP contribution >= 0.6 is 15.9 Å². The van der Waals surface area contributed by atoms with Crippen molar-refractivity contribution in [2.75, 3.05) is 17.7 Å². The fourth-order valence-corrected chi connectivity index (χ4v) is 1.41. The number of nitrogens with one attached hydrogen (secondary N) is 2. The highest BCUT2D eigenvalue weighted by atomic mass is 79.9. The minimum Gasteiger partial charge on any atom is -0.358 e.